The van der Waals surface area contributed by atoms with E-state index >= 15 is 0 Å². The number of hydrogen-bond donors (Lipinski definition) is 0. The van der Waals surface area contributed by atoms with Crippen LogP contribution in [0.4, 0.5) is 13.2 Å². The number of fused-ring (bicyclic) bond motifs is 1. The zero-order chi connectivity index (χ0) is 9.47. The summed E-state index contributed by atoms with van der Waals surface area (Å²) in [6, 6.07) is 0. The predicted molar refractivity (Wildman–Crippen MR) is 42.1 cm³/mol. The van der Waals surface area contributed by atoms with Crippen LogP contribution in [0.3, 0.4) is 0 Å². The molecule has 0 amide bonds. The molecule has 3 nitrogen and oxygen atoms in total. The zero-order valence-corrected chi connectivity index (χ0v) is 6.34. The lowest BCUT2D eigenvalue weighted by Gasteiger charge is -2.13. The van der Waals surface area contributed by atoms with Crippen LogP contribution in [-0.2, 0) is 0 Å². The van der Waals surface area contributed by atoms with Crippen LogP contribution in [0.5, 0.6) is 0 Å². The van der Waals surface area contributed by atoms with Crippen LogP contribution < -0.4 is 0 Å². The molecule has 0 unspecified atom stereocenters. The van der Waals surface area contributed by atoms with Crippen molar-refractivity contribution < 1.29 is 13.2 Å². The van der Waals surface area contributed by atoms with Crippen LogP contribution in [-0.4, -0.2) is 23.8 Å². The summed E-state index contributed by atoms with van der Waals surface area (Å²) >= 11 is 0. The van der Waals surface area contributed by atoms with Crippen LogP contribution >= 0.6 is 0 Å². The third kappa shape index (κ3) is 1.39. The van der Waals surface area contributed by atoms with Gasteiger partial charge < -0.3 is 0 Å². The van der Waals surface area contributed by atoms with Crippen LogP contribution in [0.15, 0.2) is 27.0 Å². The summed E-state index contributed by atoms with van der Waals surface area (Å²) in [5.74, 6) is 0. The van der Waals surface area contributed by atoms with Gasteiger partial charge in [0.2, 0.25) is 0 Å². The van der Waals surface area contributed by atoms with E-state index in [1.165, 1.54) is 6.21 Å². The molecule has 0 saturated carbocycles. The Morgan fingerprint density at radius 3 is 2.77 bits per heavy atom. The van der Waals surface area contributed by atoms with Crippen molar-refractivity contribution in [1.82, 2.24) is 0 Å². The van der Waals surface area contributed by atoms with Gasteiger partial charge in [0.05, 0.1) is 17.5 Å². The van der Waals surface area contributed by atoms with Crippen LogP contribution in [0.25, 0.3) is 0 Å². The summed E-state index contributed by atoms with van der Waals surface area (Å²) in [4.78, 5) is 3.59. The highest BCUT2D eigenvalue weighted by Gasteiger charge is 2.36. The molecule has 2 heterocycles. The van der Waals surface area contributed by atoms with Gasteiger partial charge in [-0.1, -0.05) is 0 Å². The summed E-state index contributed by atoms with van der Waals surface area (Å²) in [6.45, 7) is 0. The molecule has 2 aliphatic rings. The van der Waals surface area contributed by atoms with E-state index in [1.807, 2.05) is 0 Å². The van der Waals surface area contributed by atoms with E-state index in [2.05, 4.69) is 15.2 Å². The van der Waals surface area contributed by atoms with Crippen LogP contribution in [0.2, 0.25) is 0 Å². The molecular weight excluding hydrogens is 183 g/mol. The summed E-state index contributed by atoms with van der Waals surface area (Å²) in [6.07, 6.45) is -2.38. The molecular formula is C7H4F3N3. The highest BCUT2D eigenvalue weighted by atomic mass is 19.4. The third-order valence-corrected chi connectivity index (χ3v) is 1.74. The summed E-state index contributed by atoms with van der Waals surface area (Å²) in [5, 5.41) is 7.01. The molecule has 2 aliphatic heterocycles. The fourth-order valence-corrected chi connectivity index (χ4v) is 1.06. The topological polar surface area (TPSA) is 37.1 Å². The number of nitrogens with zero attached hydrogens (tertiary/aromatic N) is 3. The molecule has 0 N–H and O–H groups in total. The number of rotatable bonds is 0. The van der Waals surface area contributed by atoms with Gasteiger partial charge in [-0.2, -0.15) is 23.4 Å². The molecule has 0 atom stereocenters. The van der Waals surface area contributed by atoms with Gasteiger partial charge in [-0.3, -0.25) is 4.99 Å². The smallest absolute Gasteiger partial charge is 0.253 e. The van der Waals surface area contributed by atoms with Gasteiger partial charge in [0.1, 0.15) is 5.71 Å². The minimum Gasteiger partial charge on any atom is -0.253 e. The molecule has 0 aromatic heterocycles. The number of aliphatic imine (C=N–C) groups is 1. The van der Waals surface area contributed by atoms with E-state index in [0.717, 1.165) is 6.20 Å². The molecule has 2 rings (SSSR count). The van der Waals surface area contributed by atoms with Crippen molar-refractivity contribution in [3.63, 3.8) is 0 Å². The first-order valence-electron chi connectivity index (χ1n) is 3.52. The fraction of sp³-hybridized carbons (Fsp3) is 0.286. The number of hydrogen-bond acceptors (Lipinski definition) is 3. The van der Waals surface area contributed by atoms with E-state index in [-0.39, 0.29) is 12.1 Å². The quantitative estimate of drug-likeness (QED) is 0.553. The SMILES string of the molecule is FC(F)(F)C1=CN=C2C=NN=C2C1. The first kappa shape index (κ1) is 8.15. The maximum Gasteiger partial charge on any atom is 0.414 e. The molecule has 0 aromatic rings. The average molecular weight is 187 g/mol. The Morgan fingerprint density at radius 2 is 2.08 bits per heavy atom. The van der Waals surface area contributed by atoms with Crippen molar-refractivity contribution in [3.05, 3.63) is 11.8 Å². The molecule has 0 aliphatic carbocycles. The van der Waals surface area contributed by atoms with E-state index in [1.54, 1.807) is 0 Å². The predicted octanol–water partition coefficient (Wildman–Crippen LogP) is 1.72. The van der Waals surface area contributed by atoms with Gasteiger partial charge in [0, 0.05) is 12.6 Å². The first-order valence-corrected chi connectivity index (χ1v) is 3.52. The van der Waals surface area contributed by atoms with E-state index in [9.17, 15) is 13.2 Å². The number of allylic oxidation sites excluding steroid dienone is 1. The highest BCUT2D eigenvalue weighted by Crippen LogP contribution is 2.30. The molecule has 0 fully saturated rings. The van der Waals surface area contributed by atoms with Crippen LogP contribution in [0, 0.1) is 0 Å². The molecule has 0 aromatic carbocycles. The Labute approximate surface area is 71.4 Å². The van der Waals surface area contributed by atoms with Crippen molar-refractivity contribution in [3.8, 4) is 0 Å². The second kappa shape index (κ2) is 2.51. The minimum absolute atomic E-state index is 0.234. The largest absolute Gasteiger partial charge is 0.414 e. The Kier molecular flexibility index (Phi) is 1.58. The second-order valence-electron chi connectivity index (χ2n) is 2.63. The van der Waals surface area contributed by atoms with E-state index in [0.29, 0.717) is 5.71 Å². The Hall–Kier alpha value is -1.46. The number of alkyl halides is 3. The second-order valence-corrected chi connectivity index (χ2v) is 2.63. The van der Waals surface area contributed by atoms with Gasteiger partial charge in [-0.15, -0.1) is 0 Å². The Balaban J connectivity index is 2.31. The van der Waals surface area contributed by atoms with Gasteiger partial charge >= 0.3 is 6.18 Å². The third-order valence-electron chi connectivity index (χ3n) is 1.74. The zero-order valence-electron chi connectivity index (χ0n) is 6.34. The molecule has 0 saturated heterocycles. The van der Waals surface area contributed by atoms with Crippen LogP contribution in [0.1, 0.15) is 6.42 Å². The van der Waals surface area contributed by atoms with Gasteiger partial charge in [0.25, 0.3) is 0 Å². The minimum atomic E-state index is -4.32. The maximum atomic E-state index is 12.2. The van der Waals surface area contributed by atoms with Gasteiger partial charge in [0.15, 0.2) is 0 Å². The lowest BCUT2D eigenvalue weighted by atomic mass is 10.0. The summed E-state index contributed by atoms with van der Waals surface area (Å²) in [5.41, 5.74) is 0.0309. The molecule has 0 spiro atoms. The lowest BCUT2D eigenvalue weighted by Crippen LogP contribution is -2.22. The Morgan fingerprint density at radius 1 is 1.31 bits per heavy atom. The monoisotopic (exact) mass is 187 g/mol. The summed E-state index contributed by atoms with van der Waals surface area (Å²) < 4.78 is 36.5. The van der Waals surface area contributed by atoms with Gasteiger partial charge in [-0.05, 0) is 0 Å². The number of halogens is 3. The fourth-order valence-electron chi connectivity index (χ4n) is 1.06. The molecule has 0 bridgehead atoms. The van der Waals surface area contributed by atoms with E-state index < -0.39 is 11.7 Å². The standard InChI is InChI=1S/C7H4F3N3/c8-7(9,10)4-1-5-6(11-2-4)3-12-13-5/h2-3H,1H2. The van der Waals surface area contributed by atoms with Crippen molar-refractivity contribution in [2.75, 3.05) is 0 Å². The van der Waals surface area contributed by atoms with Crippen molar-refractivity contribution in [2.24, 2.45) is 15.2 Å². The molecule has 6 heteroatoms. The molecule has 13 heavy (non-hydrogen) atoms. The van der Waals surface area contributed by atoms with Crippen molar-refractivity contribution in [1.29, 1.82) is 0 Å². The van der Waals surface area contributed by atoms with Gasteiger partial charge in [-0.25, -0.2) is 0 Å². The maximum absolute atomic E-state index is 12.2. The van der Waals surface area contributed by atoms with Crippen molar-refractivity contribution >= 4 is 17.6 Å². The van der Waals surface area contributed by atoms with Crippen molar-refractivity contribution in [2.45, 2.75) is 12.6 Å². The highest BCUT2D eigenvalue weighted by molar-refractivity contribution is 6.64. The Bertz CT molecular complexity index is 360. The lowest BCUT2D eigenvalue weighted by molar-refractivity contribution is -0.0927. The molecule has 0 radical (unpaired) electrons. The summed E-state index contributed by atoms with van der Waals surface area (Å²) in [7, 11) is 0. The molecule has 68 valence electrons. The van der Waals surface area contributed by atoms with E-state index in [4.69, 9.17) is 0 Å². The first-order chi connectivity index (χ1) is 6.07. The normalized spacial score (nSPS) is 20.7. The average Bonchev–Trinajstić information content (AvgIpc) is 2.47.